The van der Waals surface area contributed by atoms with Crippen LogP contribution in [0.15, 0.2) is 42.5 Å². The van der Waals surface area contributed by atoms with Crippen molar-refractivity contribution in [2.75, 3.05) is 25.1 Å². The summed E-state index contributed by atoms with van der Waals surface area (Å²) in [5, 5.41) is 6.31. The van der Waals surface area contributed by atoms with Crippen molar-refractivity contribution in [2.24, 2.45) is 0 Å². The van der Waals surface area contributed by atoms with Crippen LogP contribution in [0.2, 0.25) is 0 Å². The quantitative estimate of drug-likeness (QED) is 0.768. The van der Waals surface area contributed by atoms with Gasteiger partial charge < -0.3 is 15.4 Å². The van der Waals surface area contributed by atoms with Crippen LogP contribution in [0.5, 0.6) is 0 Å². The second-order valence-corrected chi connectivity index (χ2v) is 6.18. The number of ether oxygens (including phenoxy) is 1. The van der Waals surface area contributed by atoms with Crippen LogP contribution >= 0.6 is 12.4 Å². The minimum atomic E-state index is 0. The van der Waals surface area contributed by atoms with Crippen LogP contribution in [0.4, 0.5) is 5.69 Å². The number of halogens is 1. The van der Waals surface area contributed by atoms with Gasteiger partial charge in [0.1, 0.15) is 0 Å². The molecule has 1 heterocycles. The molecule has 1 fully saturated rings. The normalized spacial score (nSPS) is 18.2. The van der Waals surface area contributed by atoms with Gasteiger partial charge in [0.15, 0.2) is 0 Å². The molecule has 0 radical (unpaired) electrons. The highest BCUT2D eigenvalue weighted by atomic mass is 35.5. The van der Waals surface area contributed by atoms with E-state index in [9.17, 15) is 4.79 Å². The van der Waals surface area contributed by atoms with Crippen molar-refractivity contribution in [1.82, 2.24) is 5.32 Å². The second kappa shape index (κ2) is 7.34. The summed E-state index contributed by atoms with van der Waals surface area (Å²) in [6.07, 6.45) is 1.38. The first-order valence-corrected chi connectivity index (χ1v) is 8.12. The average Bonchev–Trinajstić information content (AvgIpc) is 2.93. The fourth-order valence-corrected chi connectivity index (χ4v) is 3.41. The van der Waals surface area contributed by atoms with Gasteiger partial charge in [-0.3, -0.25) is 4.79 Å². The average molecular weight is 345 g/mol. The Labute approximate surface area is 148 Å². The molecule has 0 aromatic heterocycles. The molecular weight excluding hydrogens is 324 g/mol. The smallest absolute Gasteiger partial charge is 0.226 e. The zero-order valence-corrected chi connectivity index (χ0v) is 14.2. The van der Waals surface area contributed by atoms with Crippen molar-refractivity contribution >= 4 is 24.0 Å². The van der Waals surface area contributed by atoms with E-state index in [1.54, 1.807) is 0 Å². The number of nitrogens with one attached hydrogen (secondary N) is 2. The third-order valence-corrected chi connectivity index (χ3v) is 4.51. The number of carbonyl (C=O) groups is 1. The second-order valence-electron chi connectivity index (χ2n) is 6.18. The van der Waals surface area contributed by atoms with Gasteiger partial charge in [-0.1, -0.05) is 30.3 Å². The maximum atomic E-state index is 12.2. The minimum Gasteiger partial charge on any atom is -0.378 e. The highest BCUT2D eigenvalue weighted by Crippen LogP contribution is 2.37. The van der Waals surface area contributed by atoms with Gasteiger partial charge in [-0.2, -0.15) is 0 Å². The third-order valence-electron chi connectivity index (χ3n) is 4.51. The lowest BCUT2D eigenvalue weighted by Gasteiger charge is -2.23. The van der Waals surface area contributed by atoms with Gasteiger partial charge in [0, 0.05) is 24.7 Å². The molecular formula is C19H21ClN2O2. The Morgan fingerprint density at radius 2 is 2.00 bits per heavy atom. The van der Waals surface area contributed by atoms with E-state index >= 15 is 0 Å². The first-order valence-electron chi connectivity index (χ1n) is 8.12. The number of hydrogen-bond donors (Lipinski definition) is 2. The SMILES string of the molecule is Cl.O=C(CC1COCCN1)Nc1ccc2c(c1)Cc1ccccc1-2. The molecule has 1 aliphatic heterocycles. The molecule has 1 aliphatic carbocycles. The van der Waals surface area contributed by atoms with Crippen LogP contribution in [-0.4, -0.2) is 31.7 Å². The summed E-state index contributed by atoms with van der Waals surface area (Å²) < 4.78 is 5.39. The number of carbonyl (C=O) groups excluding carboxylic acids is 1. The van der Waals surface area contributed by atoms with Crippen molar-refractivity contribution in [2.45, 2.75) is 18.9 Å². The Bertz CT molecular complexity index is 742. The Kier molecular flexibility index (Phi) is 5.19. The Balaban J connectivity index is 0.00000169. The molecule has 5 heteroatoms. The maximum Gasteiger partial charge on any atom is 0.226 e. The first-order chi connectivity index (χ1) is 11.3. The molecule has 1 unspecified atom stereocenters. The maximum absolute atomic E-state index is 12.2. The zero-order valence-electron chi connectivity index (χ0n) is 13.4. The highest BCUT2D eigenvalue weighted by Gasteiger charge is 2.19. The molecule has 126 valence electrons. The molecule has 2 aromatic carbocycles. The first kappa shape index (κ1) is 17.0. The number of benzene rings is 2. The fraction of sp³-hybridized carbons (Fsp3) is 0.316. The number of rotatable bonds is 3. The summed E-state index contributed by atoms with van der Waals surface area (Å²) >= 11 is 0. The summed E-state index contributed by atoms with van der Waals surface area (Å²) in [7, 11) is 0. The predicted molar refractivity (Wildman–Crippen MR) is 97.8 cm³/mol. The highest BCUT2D eigenvalue weighted by molar-refractivity contribution is 5.92. The summed E-state index contributed by atoms with van der Waals surface area (Å²) in [4.78, 5) is 12.2. The topological polar surface area (TPSA) is 50.4 Å². The van der Waals surface area contributed by atoms with Gasteiger partial charge in [0.2, 0.25) is 5.91 Å². The zero-order chi connectivity index (χ0) is 15.6. The molecule has 1 amide bonds. The lowest BCUT2D eigenvalue weighted by Crippen LogP contribution is -2.43. The molecule has 2 aromatic rings. The van der Waals surface area contributed by atoms with Crippen LogP contribution < -0.4 is 10.6 Å². The van der Waals surface area contributed by atoms with Gasteiger partial charge in [-0.05, 0) is 40.8 Å². The molecule has 0 saturated carbocycles. The van der Waals surface area contributed by atoms with Gasteiger partial charge >= 0.3 is 0 Å². The molecule has 2 N–H and O–H groups in total. The molecule has 2 aliphatic rings. The van der Waals surface area contributed by atoms with Crippen LogP contribution in [0.1, 0.15) is 17.5 Å². The van der Waals surface area contributed by atoms with E-state index in [0.29, 0.717) is 13.0 Å². The van der Waals surface area contributed by atoms with Crippen molar-refractivity contribution < 1.29 is 9.53 Å². The molecule has 0 bridgehead atoms. The van der Waals surface area contributed by atoms with Crippen molar-refractivity contribution in [1.29, 1.82) is 0 Å². The number of fused-ring (bicyclic) bond motifs is 3. The van der Waals surface area contributed by atoms with Crippen molar-refractivity contribution in [3.63, 3.8) is 0 Å². The van der Waals surface area contributed by atoms with E-state index in [-0.39, 0.29) is 24.4 Å². The van der Waals surface area contributed by atoms with Crippen LogP contribution in [0.25, 0.3) is 11.1 Å². The van der Waals surface area contributed by atoms with E-state index in [1.807, 2.05) is 6.07 Å². The van der Waals surface area contributed by atoms with Gasteiger partial charge in [0.25, 0.3) is 0 Å². The van der Waals surface area contributed by atoms with E-state index in [0.717, 1.165) is 25.3 Å². The van der Waals surface area contributed by atoms with E-state index in [4.69, 9.17) is 4.74 Å². The van der Waals surface area contributed by atoms with E-state index in [2.05, 4.69) is 47.0 Å². The third kappa shape index (κ3) is 3.46. The van der Waals surface area contributed by atoms with Gasteiger partial charge in [-0.15, -0.1) is 12.4 Å². The predicted octanol–water partition coefficient (Wildman–Crippen LogP) is 3.00. The Morgan fingerprint density at radius 3 is 2.83 bits per heavy atom. The van der Waals surface area contributed by atoms with Gasteiger partial charge in [-0.25, -0.2) is 0 Å². The van der Waals surface area contributed by atoms with E-state index < -0.39 is 0 Å². The molecule has 0 spiro atoms. The largest absolute Gasteiger partial charge is 0.378 e. The summed E-state index contributed by atoms with van der Waals surface area (Å²) in [5.74, 6) is 0.0310. The Morgan fingerprint density at radius 1 is 1.17 bits per heavy atom. The molecule has 24 heavy (non-hydrogen) atoms. The summed E-state index contributed by atoms with van der Waals surface area (Å²) in [5.41, 5.74) is 6.10. The Hall–Kier alpha value is -1.88. The fourth-order valence-electron chi connectivity index (χ4n) is 3.41. The van der Waals surface area contributed by atoms with E-state index in [1.165, 1.54) is 22.3 Å². The van der Waals surface area contributed by atoms with Crippen molar-refractivity contribution in [3.8, 4) is 11.1 Å². The number of anilines is 1. The molecule has 1 atom stereocenters. The monoisotopic (exact) mass is 344 g/mol. The van der Waals surface area contributed by atoms with Crippen LogP contribution in [-0.2, 0) is 16.0 Å². The van der Waals surface area contributed by atoms with Crippen LogP contribution in [0.3, 0.4) is 0 Å². The molecule has 4 nitrogen and oxygen atoms in total. The van der Waals surface area contributed by atoms with Crippen molar-refractivity contribution in [3.05, 3.63) is 53.6 Å². The minimum absolute atomic E-state index is 0. The summed E-state index contributed by atoms with van der Waals surface area (Å²) in [6, 6.07) is 14.8. The van der Waals surface area contributed by atoms with Crippen LogP contribution in [0, 0.1) is 0 Å². The number of amides is 1. The lowest BCUT2D eigenvalue weighted by atomic mass is 10.1. The van der Waals surface area contributed by atoms with Gasteiger partial charge in [0.05, 0.1) is 13.2 Å². The standard InChI is InChI=1S/C19H20N2O2.ClH/c22-19(11-16-12-23-8-7-20-16)21-15-5-6-18-14(10-15)9-13-3-1-2-4-17(13)18;/h1-6,10,16,20H,7-9,11-12H2,(H,21,22);1H. The lowest BCUT2D eigenvalue weighted by molar-refractivity contribution is -0.117. The number of hydrogen-bond acceptors (Lipinski definition) is 3. The number of morpholine rings is 1. The molecule has 1 saturated heterocycles. The molecule has 4 rings (SSSR count). The summed E-state index contributed by atoms with van der Waals surface area (Å²) in [6.45, 7) is 2.14.